The number of hydrogen-bond donors (Lipinski definition) is 0. The van der Waals surface area contributed by atoms with E-state index in [0.717, 1.165) is 5.56 Å². The molecule has 0 radical (unpaired) electrons. The Morgan fingerprint density at radius 1 is 1.02 bits per heavy atom. The molecule has 1 aliphatic rings. The molecule has 0 fully saturated rings. The van der Waals surface area contributed by atoms with E-state index in [1.54, 1.807) is 44.2 Å². The zero-order valence-electron chi connectivity index (χ0n) is 25.9. The number of methoxy groups -OCH3 is 2. The number of benzene rings is 3. The second-order valence-corrected chi connectivity index (χ2v) is 12.3. The van der Waals surface area contributed by atoms with Gasteiger partial charge >= 0.3 is 5.97 Å². The van der Waals surface area contributed by atoms with Crippen molar-refractivity contribution < 1.29 is 28.5 Å². The van der Waals surface area contributed by atoms with Crippen molar-refractivity contribution in [3.63, 3.8) is 0 Å². The molecular formula is C34H32BrClN2O7S. The summed E-state index contributed by atoms with van der Waals surface area (Å²) < 4.78 is 30.9. The molecular weight excluding hydrogens is 696 g/mol. The summed E-state index contributed by atoms with van der Waals surface area (Å²) in [6.45, 7) is 6.23. The summed E-state index contributed by atoms with van der Waals surface area (Å²) in [5.74, 6) is 1.23. The minimum atomic E-state index is -0.858. The van der Waals surface area contributed by atoms with Crippen molar-refractivity contribution in [1.29, 1.82) is 0 Å². The van der Waals surface area contributed by atoms with Gasteiger partial charge < -0.3 is 23.7 Å². The Bertz CT molecular complexity index is 1990. The van der Waals surface area contributed by atoms with Crippen LogP contribution in [0.2, 0.25) is 5.02 Å². The van der Waals surface area contributed by atoms with E-state index in [0.29, 0.717) is 71.9 Å². The monoisotopic (exact) mass is 726 g/mol. The first-order valence-electron chi connectivity index (χ1n) is 14.4. The van der Waals surface area contributed by atoms with Crippen molar-refractivity contribution in [3.05, 3.63) is 112 Å². The van der Waals surface area contributed by atoms with Gasteiger partial charge in [-0.25, -0.2) is 9.79 Å². The molecule has 0 amide bonds. The van der Waals surface area contributed by atoms with Gasteiger partial charge in [0.15, 0.2) is 27.8 Å². The van der Waals surface area contributed by atoms with Gasteiger partial charge in [-0.2, -0.15) is 0 Å². The van der Waals surface area contributed by atoms with E-state index >= 15 is 0 Å². The lowest BCUT2D eigenvalue weighted by Crippen LogP contribution is -2.40. The topological polar surface area (TPSA) is 97.6 Å². The molecule has 1 aromatic heterocycles. The van der Waals surface area contributed by atoms with E-state index in [-0.39, 0.29) is 17.7 Å². The second kappa shape index (κ2) is 14.6. The molecule has 12 heteroatoms. The average molecular weight is 728 g/mol. The number of carbonyl (C=O) groups is 1. The molecule has 240 valence electrons. The third-order valence-corrected chi connectivity index (χ3v) is 9.12. The number of rotatable bonds is 11. The maximum atomic E-state index is 14.2. The van der Waals surface area contributed by atoms with Gasteiger partial charge in [0.2, 0.25) is 0 Å². The van der Waals surface area contributed by atoms with E-state index in [2.05, 4.69) is 20.9 Å². The quantitative estimate of drug-likeness (QED) is 0.170. The predicted octanol–water partition coefficient (Wildman–Crippen LogP) is 6.21. The van der Waals surface area contributed by atoms with Crippen molar-refractivity contribution in [1.82, 2.24) is 4.57 Å². The average Bonchev–Trinajstić information content (AvgIpc) is 3.34. The second-order valence-electron chi connectivity index (χ2n) is 10.1. The van der Waals surface area contributed by atoms with Gasteiger partial charge in [0.1, 0.15) is 6.61 Å². The van der Waals surface area contributed by atoms with E-state index in [4.69, 9.17) is 35.3 Å². The largest absolute Gasteiger partial charge is 0.493 e. The van der Waals surface area contributed by atoms with Crippen molar-refractivity contribution in [2.24, 2.45) is 4.99 Å². The number of hydrogen-bond acceptors (Lipinski definition) is 9. The summed E-state index contributed by atoms with van der Waals surface area (Å²) in [5, 5.41) is 0.332. The van der Waals surface area contributed by atoms with E-state index < -0.39 is 12.0 Å². The standard InChI is InChI=1S/C34H32BrClN2O7S/c1-6-43-26-17-23(35)22(16-25(26)41-4)30-29(33(40)44-7-2)19(3)37-34-38(30)32(39)28(46-34)15-21-13-24(36)31(27(14-21)42-5)45-18-20-11-9-8-10-12-20/h8-17,30H,6-7,18H2,1-5H3/b28-15+/t30-/m1/s1. The lowest BCUT2D eigenvalue weighted by atomic mass is 9.95. The fourth-order valence-corrected chi connectivity index (χ4v) is 6.98. The van der Waals surface area contributed by atoms with Crippen LogP contribution in [0.15, 0.2) is 80.1 Å². The minimum absolute atomic E-state index is 0.161. The predicted molar refractivity (Wildman–Crippen MR) is 181 cm³/mol. The number of halogens is 2. The van der Waals surface area contributed by atoms with Gasteiger partial charge in [-0.1, -0.05) is 69.2 Å². The van der Waals surface area contributed by atoms with Crippen LogP contribution in [0.5, 0.6) is 23.0 Å². The number of fused-ring (bicyclic) bond motifs is 1. The molecule has 3 aromatic carbocycles. The Morgan fingerprint density at radius 3 is 2.43 bits per heavy atom. The van der Waals surface area contributed by atoms with Gasteiger partial charge in [0, 0.05) is 4.47 Å². The molecule has 0 N–H and O–H groups in total. The number of nitrogens with zero attached hydrogens (tertiary/aromatic N) is 2. The van der Waals surface area contributed by atoms with Crippen molar-refractivity contribution in [2.45, 2.75) is 33.4 Å². The summed E-state index contributed by atoms with van der Waals surface area (Å²) in [6, 6.07) is 15.8. The number of aromatic nitrogens is 1. The molecule has 0 saturated heterocycles. The van der Waals surface area contributed by atoms with Crippen LogP contribution in [-0.4, -0.2) is 38.0 Å². The molecule has 0 saturated carbocycles. The maximum Gasteiger partial charge on any atom is 0.338 e. The molecule has 46 heavy (non-hydrogen) atoms. The molecule has 5 rings (SSSR count). The van der Waals surface area contributed by atoms with E-state index in [9.17, 15) is 9.59 Å². The van der Waals surface area contributed by atoms with Gasteiger partial charge in [-0.15, -0.1) is 0 Å². The van der Waals surface area contributed by atoms with Gasteiger partial charge in [-0.05, 0) is 67.8 Å². The molecule has 1 atom stereocenters. The molecule has 1 aliphatic heterocycles. The van der Waals surface area contributed by atoms with Crippen molar-refractivity contribution in [3.8, 4) is 23.0 Å². The third-order valence-electron chi connectivity index (χ3n) is 7.17. The fourth-order valence-electron chi connectivity index (χ4n) is 5.12. The van der Waals surface area contributed by atoms with Crippen LogP contribution < -0.4 is 33.8 Å². The summed E-state index contributed by atoms with van der Waals surface area (Å²) in [5.41, 5.74) is 2.56. The minimum Gasteiger partial charge on any atom is -0.493 e. The van der Waals surface area contributed by atoms with Crippen LogP contribution in [0.4, 0.5) is 0 Å². The smallest absolute Gasteiger partial charge is 0.338 e. The Morgan fingerprint density at radius 2 is 1.76 bits per heavy atom. The summed E-state index contributed by atoms with van der Waals surface area (Å²) in [4.78, 5) is 32.6. The first kappa shape index (κ1) is 33.3. The molecule has 0 spiro atoms. The highest BCUT2D eigenvalue weighted by molar-refractivity contribution is 9.10. The van der Waals surface area contributed by atoms with Gasteiger partial charge in [0.05, 0.1) is 54.3 Å². The number of ether oxygens (including phenoxy) is 5. The summed E-state index contributed by atoms with van der Waals surface area (Å²) in [7, 11) is 3.06. The maximum absolute atomic E-state index is 14.2. The van der Waals surface area contributed by atoms with Gasteiger partial charge in [0.25, 0.3) is 5.56 Å². The Labute approximate surface area is 283 Å². The van der Waals surface area contributed by atoms with Crippen LogP contribution in [0.25, 0.3) is 6.08 Å². The van der Waals surface area contributed by atoms with Crippen molar-refractivity contribution >= 4 is 50.9 Å². The van der Waals surface area contributed by atoms with E-state index in [1.165, 1.54) is 30.1 Å². The van der Waals surface area contributed by atoms with Crippen LogP contribution in [0.3, 0.4) is 0 Å². The first-order chi connectivity index (χ1) is 22.2. The highest BCUT2D eigenvalue weighted by atomic mass is 79.9. The van der Waals surface area contributed by atoms with Crippen LogP contribution >= 0.6 is 38.9 Å². The molecule has 0 unspecified atom stereocenters. The van der Waals surface area contributed by atoms with Gasteiger partial charge in [-0.3, -0.25) is 9.36 Å². The lowest BCUT2D eigenvalue weighted by Gasteiger charge is -2.26. The third kappa shape index (κ3) is 6.72. The van der Waals surface area contributed by atoms with Crippen LogP contribution in [0, 0.1) is 0 Å². The number of carbonyl (C=O) groups excluding carboxylic acids is 1. The number of esters is 1. The Balaban J connectivity index is 1.63. The van der Waals surface area contributed by atoms with Crippen molar-refractivity contribution in [2.75, 3.05) is 27.4 Å². The molecule has 4 aromatic rings. The molecule has 0 bridgehead atoms. The normalized spacial score (nSPS) is 14.4. The lowest BCUT2D eigenvalue weighted by molar-refractivity contribution is -0.139. The number of allylic oxidation sites excluding steroid dienone is 1. The Kier molecular flexibility index (Phi) is 10.6. The zero-order chi connectivity index (χ0) is 33.0. The van der Waals surface area contributed by atoms with E-state index in [1.807, 2.05) is 37.3 Å². The first-order valence-corrected chi connectivity index (χ1v) is 16.4. The summed E-state index contributed by atoms with van der Waals surface area (Å²) in [6.07, 6.45) is 1.72. The highest BCUT2D eigenvalue weighted by Gasteiger charge is 2.35. The summed E-state index contributed by atoms with van der Waals surface area (Å²) >= 11 is 11.5. The Hall–Kier alpha value is -4.06. The van der Waals surface area contributed by atoms with Crippen LogP contribution in [-0.2, 0) is 16.1 Å². The SMILES string of the molecule is CCOC(=O)C1=C(C)N=c2s/c(=C/c3cc(Cl)c(OCc4ccccc4)c(OC)c3)c(=O)n2[C@@H]1c1cc(OC)c(OCC)cc1Br. The zero-order valence-corrected chi connectivity index (χ0v) is 29.0. The highest BCUT2D eigenvalue weighted by Crippen LogP contribution is 2.41. The number of thiazole rings is 1. The van der Waals surface area contributed by atoms with Crippen LogP contribution in [0.1, 0.15) is 43.5 Å². The molecule has 9 nitrogen and oxygen atoms in total. The molecule has 0 aliphatic carbocycles. The molecule has 2 heterocycles. The fraction of sp³-hybridized carbons (Fsp3) is 0.265.